The number of ether oxygens (including phenoxy) is 1. The molecule has 1 fully saturated rings. The Labute approximate surface area is 177 Å². The van der Waals surface area contributed by atoms with Gasteiger partial charge in [0.25, 0.3) is 11.7 Å². The number of ketones is 1. The molecule has 1 atom stereocenters. The van der Waals surface area contributed by atoms with Crippen molar-refractivity contribution < 1.29 is 24.5 Å². The van der Waals surface area contributed by atoms with E-state index in [0.717, 1.165) is 4.88 Å². The number of likely N-dealkylation sites (tertiary alicyclic amines) is 1. The maximum atomic E-state index is 13.0. The summed E-state index contributed by atoms with van der Waals surface area (Å²) < 4.78 is 5.20. The van der Waals surface area contributed by atoms with Gasteiger partial charge >= 0.3 is 0 Å². The number of aliphatic hydroxyl groups is 1. The van der Waals surface area contributed by atoms with Crippen LogP contribution in [-0.4, -0.2) is 33.9 Å². The predicted molar refractivity (Wildman–Crippen MR) is 113 cm³/mol. The molecule has 2 heterocycles. The maximum absolute atomic E-state index is 13.0. The monoisotopic (exact) mass is 421 g/mol. The van der Waals surface area contributed by atoms with Crippen LogP contribution in [0.15, 0.2) is 71.6 Å². The first-order chi connectivity index (χ1) is 14.5. The lowest BCUT2D eigenvalue weighted by Crippen LogP contribution is -2.28. The molecule has 1 aromatic heterocycles. The second-order valence-electron chi connectivity index (χ2n) is 6.80. The third-order valence-electron chi connectivity index (χ3n) is 5.02. The van der Waals surface area contributed by atoms with E-state index in [9.17, 15) is 19.8 Å². The molecule has 1 amide bonds. The number of methoxy groups -OCH3 is 1. The number of para-hydroxylation sites is 1. The minimum atomic E-state index is -0.917. The van der Waals surface area contributed by atoms with Crippen LogP contribution in [0.3, 0.4) is 0 Å². The van der Waals surface area contributed by atoms with Crippen molar-refractivity contribution in [3.05, 3.63) is 87.6 Å². The van der Waals surface area contributed by atoms with Gasteiger partial charge in [-0.15, -0.1) is 11.3 Å². The molecule has 1 unspecified atom stereocenters. The average molecular weight is 421 g/mol. The number of aromatic hydroxyl groups is 1. The Morgan fingerprint density at radius 3 is 2.60 bits per heavy atom. The maximum Gasteiger partial charge on any atom is 0.295 e. The summed E-state index contributed by atoms with van der Waals surface area (Å²) in [6, 6.07) is 15.9. The number of aliphatic hydroxyl groups excluding tert-OH is 1. The number of thiophene rings is 1. The van der Waals surface area contributed by atoms with Gasteiger partial charge in [-0.2, -0.15) is 0 Å². The number of carbonyl (C=O) groups excluding carboxylic acids is 2. The van der Waals surface area contributed by atoms with Crippen molar-refractivity contribution in [2.24, 2.45) is 0 Å². The van der Waals surface area contributed by atoms with Crippen LogP contribution in [-0.2, 0) is 16.1 Å². The third kappa shape index (κ3) is 3.44. The van der Waals surface area contributed by atoms with Crippen molar-refractivity contribution in [2.75, 3.05) is 7.11 Å². The molecule has 0 aliphatic carbocycles. The van der Waals surface area contributed by atoms with Crippen LogP contribution >= 0.6 is 11.3 Å². The summed E-state index contributed by atoms with van der Waals surface area (Å²) in [5.41, 5.74) is 0.660. The number of amides is 1. The Bertz CT molecular complexity index is 1140. The summed E-state index contributed by atoms with van der Waals surface area (Å²) in [7, 11) is 1.50. The smallest absolute Gasteiger partial charge is 0.295 e. The summed E-state index contributed by atoms with van der Waals surface area (Å²) in [4.78, 5) is 28.2. The van der Waals surface area contributed by atoms with Gasteiger partial charge in [-0.05, 0) is 29.6 Å². The molecule has 0 spiro atoms. The number of nitrogens with zero attached hydrogens (tertiary/aromatic N) is 1. The van der Waals surface area contributed by atoms with Gasteiger partial charge in [0.05, 0.1) is 25.3 Å². The number of phenolic OH excluding ortho intramolecular Hbond substituents is 1. The molecule has 2 aromatic carbocycles. The quantitative estimate of drug-likeness (QED) is 0.368. The lowest BCUT2D eigenvalue weighted by Gasteiger charge is -2.25. The van der Waals surface area contributed by atoms with Crippen molar-refractivity contribution in [1.82, 2.24) is 4.90 Å². The summed E-state index contributed by atoms with van der Waals surface area (Å²) >= 11 is 1.46. The SMILES string of the molecule is COc1cccc(/C(O)=C2\C(=O)C(=O)N(Cc3cccs3)C2c2ccccc2O)c1. The fraction of sp³-hybridized carbons (Fsp3) is 0.130. The van der Waals surface area contributed by atoms with Crippen LogP contribution in [0.4, 0.5) is 0 Å². The first-order valence-corrected chi connectivity index (χ1v) is 10.1. The summed E-state index contributed by atoms with van der Waals surface area (Å²) in [5, 5.41) is 23.4. The second-order valence-corrected chi connectivity index (χ2v) is 7.83. The topological polar surface area (TPSA) is 87.1 Å². The molecule has 0 radical (unpaired) electrons. The second kappa shape index (κ2) is 8.04. The van der Waals surface area contributed by atoms with E-state index < -0.39 is 17.7 Å². The number of Topliss-reactive ketones (excluding diaryl/α,β-unsaturated/α-hetero) is 1. The van der Waals surface area contributed by atoms with Crippen LogP contribution in [0.5, 0.6) is 11.5 Å². The Kier molecular flexibility index (Phi) is 5.29. The van der Waals surface area contributed by atoms with Crippen LogP contribution in [0, 0.1) is 0 Å². The fourth-order valence-electron chi connectivity index (χ4n) is 3.58. The van der Waals surface area contributed by atoms with E-state index in [0.29, 0.717) is 16.9 Å². The zero-order chi connectivity index (χ0) is 21.3. The van der Waals surface area contributed by atoms with E-state index >= 15 is 0 Å². The molecular formula is C23H19NO5S. The van der Waals surface area contributed by atoms with Gasteiger partial charge in [0.15, 0.2) is 0 Å². The number of benzene rings is 2. The lowest BCUT2D eigenvalue weighted by molar-refractivity contribution is -0.140. The number of rotatable bonds is 5. The van der Waals surface area contributed by atoms with Crippen molar-refractivity contribution in [1.29, 1.82) is 0 Å². The first kappa shape index (κ1) is 19.7. The van der Waals surface area contributed by atoms with Gasteiger partial charge in [-0.3, -0.25) is 9.59 Å². The molecule has 3 aromatic rings. The van der Waals surface area contributed by atoms with Crippen molar-refractivity contribution in [2.45, 2.75) is 12.6 Å². The third-order valence-corrected chi connectivity index (χ3v) is 5.88. The zero-order valence-electron chi connectivity index (χ0n) is 16.1. The van der Waals surface area contributed by atoms with Crippen LogP contribution in [0.2, 0.25) is 0 Å². The van der Waals surface area contributed by atoms with Crippen molar-refractivity contribution >= 4 is 28.8 Å². The standard InChI is InChI=1S/C23H19NO5S/c1-29-15-7-4-6-14(12-15)21(26)19-20(17-9-2-3-10-18(17)25)24(23(28)22(19)27)13-16-8-5-11-30-16/h2-12,20,25-26H,13H2,1H3/b21-19+. The molecule has 2 N–H and O–H groups in total. The molecular weight excluding hydrogens is 402 g/mol. The van der Waals surface area contributed by atoms with Crippen LogP contribution in [0.1, 0.15) is 22.0 Å². The highest BCUT2D eigenvalue weighted by Crippen LogP contribution is 2.43. The number of hydrogen-bond donors (Lipinski definition) is 2. The minimum Gasteiger partial charge on any atom is -0.508 e. The first-order valence-electron chi connectivity index (χ1n) is 9.24. The molecule has 152 valence electrons. The van der Waals surface area contributed by atoms with Gasteiger partial charge in [-0.25, -0.2) is 0 Å². The number of phenols is 1. The largest absolute Gasteiger partial charge is 0.508 e. The zero-order valence-corrected chi connectivity index (χ0v) is 16.9. The lowest BCUT2D eigenvalue weighted by atomic mass is 9.94. The molecule has 6 nitrogen and oxygen atoms in total. The Morgan fingerprint density at radius 1 is 1.10 bits per heavy atom. The molecule has 0 saturated carbocycles. The molecule has 4 rings (SSSR count). The normalized spacial score (nSPS) is 18.0. The predicted octanol–water partition coefficient (Wildman–Crippen LogP) is 4.08. The highest BCUT2D eigenvalue weighted by Gasteiger charge is 2.47. The average Bonchev–Trinajstić information content (AvgIpc) is 3.36. The number of carbonyl (C=O) groups is 2. The van der Waals surface area contributed by atoms with Crippen LogP contribution in [0.25, 0.3) is 5.76 Å². The van der Waals surface area contributed by atoms with Crippen molar-refractivity contribution in [3.63, 3.8) is 0 Å². The van der Waals surface area contributed by atoms with Gasteiger partial charge < -0.3 is 19.8 Å². The Morgan fingerprint density at radius 2 is 1.90 bits per heavy atom. The fourth-order valence-corrected chi connectivity index (χ4v) is 4.28. The van der Waals surface area contributed by atoms with Crippen LogP contribution < -0.4 is 4.74 Å². The van der Waals surface area contributed by atoms with Crippen molar-refractivity contribution in [3.8, 4) is 11.5 Å². The molecule has 30 heavy (non-hydrogen) atoms. The Hall–Kier alpha value is -3.58. The molecule has 1 saturated heterocycles. The summed E-state index contributed by atoms with van der Waals surface area (Å²) in [6.45, 7) is 0.191. The van der Waals surface area contributed by atoms with Gasteiger partial charge in [0.2, 0.25) is 0 Å². The molecule has 1 aliphatic rings. The van der Waals surface area contributed by atoms with E-state index in [4.69, 9.17) is 4.74 Å². The summed E-state index contributed by atoms with van der Waals surface area (Å²) in [6.07, 6.45) is 0. The highest BCUT2D eigenvalue weighted by atomic mass is 32.1. The van der Waals surface area contributed by atoms with Gasteiger partial charge in [0.1, 0.15) is 17.3 Å². The molecule has 7 heteroatoms. The number of hydrogen-bond acceptors (Lipinski definition) is 6. The van der Waals surface area contributed by atoms with E-state index in [1.54, 1.807) is 42.5 Å². The highest BCUT2D eigenvalue weighted by molar-refractivity contribution is 7.09. The molecule has 0 bridgehead atoms. The van der Waals surface area contributed by atoms with E-state index in [2.05, 4.69) is 0 Å². The minimum absolute atomic E-state index is 0.0582. The molecule has 1 aliphatic heterocycles. The van der Waals surface area contributed by atoms with E-state index in [-0.39, 0.29) is 23.6 Å². The van der Waals surface area contributed by atoms with E-state index in [1.165, 1.54) is 29.4 Å². The Balaban J connectivity index is 1.89. The van der Waals surface area contributed by atoms with Gasteiger partial charge in [0, 0.05) is 16.0 Å². The van der Waals surface area contributed by atoms with E-state index in [1.807, 2.05) is 17.5 Å². The summed E-state index contributed by atoms with van der Waals surface area (Å²) in [5.74, 6) is -1.38. The van der Waals surface area contributed by atoms with Gasteiger partial charge in [-0.1, -0.05) is 36.4 Å².